The minimum absolute atomic E-state index is 0.107. The highest BCUT2D eigenvalue weighted by Gasteiger charge is 2.14. The van der Waals surface area contributed by atoms with Crippen molar-refractivity contribution in [2.24, 2.45) is 0 Å². The molecule has 2 amide bonds. The Kier molecular flexibility index (Phi) is 5.80. The Morgan fingerprint density at radius 2 is 1.84 bits per heavy atom. The number of aromatic amines is 2. The lowest BCUT2D eigenvalue weighted by Crippen LogP contribution is -2.43. The quantitative estimate of drug-likeness (QED) is 0.274. The zero-order valence-corrected chi connectivity index (χ0v) is 17.5. The van der Waals surface area contributed by atoms with Crippen molar-refractivity contribution in [2.45, 2.75) is 13.0 Å². The van der Waals surface area contributed by atoms with Crippen molar-refractivity contribution < 1.29 is 14.3 Å². The summed E-state index contributed by atoms with van der Waals surface area (Å²) in [6.07, 6.45) is 1.92. The second-order valence-electron chi connectivity index (χ2n) is 6.80. The van der Waals surface area contributed by atoms with Crippen molar-refractivity contribution in [1.29, 1.82) is 0 Å². The van der Waals surface area contributed by atoms with Crippen LogP contribution in [0.2, 0.25) is 0 Å². The van der Waals surface area contributed by atoms with Crippen LogP contribution in [0.4, 0.5) is 0 Å². The number of aromatic nitrogens is 4. The van der Waals surface area contributed by atoms with Gasteiger partial charge in [0.05, 0.1) is 13.5 Å². The summed E-state index contributed by atoms with van der Waals surface area (Å²) in [4.78, 5) is 27.8. The van der Waals surface area contributed by atoms with Gasteiger partial charge in [-0.15, -0.1) is 0 Å². The van der Waals surface area contributed by atoms with Crippen LogP contribution in [0.25, 0.3) is 22.3 Å². The Bertz CT molecular complexity index is 1290. The molecule has 0 radical (unpaired) electrons. The third-order valence-electron chi connectivity index (χ3n) is 4.78. The molecule has 0 saturated carbocycles. The van der Waals surface area contributed by atoms with Gasteiger partial charge in [0.25, 0.3) is 5.91 Å². The van der Waals surface area contributed by atoms with Crippen molar-refractivity contribution in [3.63, 3.8) is 0 Å². The number of amides is 2. The number of rotatable bonds is 6. The van der Waals surface area contributed by atoms with Crippen molar-refractivity contribution in [3.05, 3.63) is 65.1 Å². The molecule has 4 N–H and O–H groups in total. The Balaban J connectivity index is 1.38. The first-order valence-corrected chi connectivity index (χ1v) is 9.88. The van der Waals surface area contributed by atoms with Crippen LogP contribution >= 0.6 is 12.2 Å². The molecular weight excluding hydrogens is 416 g/mol. The predicted octanol–water partition coefficient (Wildman–Crippen LogP) is 2.49. The van der Waals surface area contributed by atoms with Gasteiger partial charge in [0.1, 0.15) is 12.3 Å². The van der Waals surface area contributed by atoms with E-state index in [0.717, 1.165) is 22.0 Å². The van der Waals surface area contributed by atoms with Crippen molar-refractivity contribution in [2.75, 3.05) is 7.11 Å². The molecule has 0 atom stereocenters. The third-order valence-corrected chi connectivity index (χ3v) is 5.09. The lowest BCUT2D eigenvalue weighted by Gasteiger charge is -2.10. The monoisotopic (exact) mass is 436 g/mol. The lowest BCUT2D eigenvalue weighted by molar-refractivity contribution is -0.128. The van der Waals surface area contributed by atoms with Gasteiger partial charge in [-0.05, 0) is 48.1 Å². The van der Waals surface area contributed by atoms with E-state index in [1.165, 1.54) is 0 Å². The van der Waals surface area contributed by atoms with E-state index in [-0.39, 0.29) is 18.9 Å². The van der Waals surface area contributed by atoms with Gasteiger partial charge in [-0.1, -0.05) is 18.2 Å². The number of hydrazine groups is 1. The Morgan fingerprint density at radius 3 is 2.61 bits per heavy atom. The summed E-state index contributed by atoms with van der Waals surface area (Å²) >= 11 is 5.25. The molecule has 0 saturated heterocycles. The number of hydrogen-bond acceptors (Lipinski definition) is 5. The number of fused-ring (bicyclic) bond motifs is 1. The molecule has 2 heterocycles. The van der Waals surface area contributed by atoms with E-state index >= 15 is 0 Å². The number of benzene rings is 2. The van der Waals surface area contributed by atoms with Crippen LogP contribution in [0.5, 0.6) is 5.75 Å². The number of ether oxygens (including phenoxy) is 1. The fourth-order valence-electron chi connectivity index (χ4n) is 3.24. The smallest absolute Gasteiger partial charge is 0.258 e. The van der Waals surface area contributed by atoms with E-state index in [1.807, 2.05) is 36.4 Å². The maximum absolute atomic E-state index is 12.4. The molecule has 10 heteroatoms. The molecule has 0 aliphatic heterocycles. The molecule has 31 heavy (non-hydrogen) atoms. The maximum atomic E-state index is 12.4. The molecule has 0 aliphatic rings. The number of hydrogen-bond donors (Lipinski definition) is 4. The Morgan fingerprint density at radius 1 is 1.10 bits per heavy atom. The van der Waals surface area contributed by atoms with Gasteiger partial charge in [-0.2, -0.15) is 5.10 Å². The van der Waals surface area contributed by atoms with E-state index in [1.54, 1.807) is 30.0 Å². The summed E-state index contributed by atoms with van der Waals surface area (Å²) in [5.41, 5.74) is 7.44. The molecule has 2 aromatic heterocycles. The van der Waals surface area contributed by atoms with Crippen LogP contribution in [0.1, 0.15) is 5.56 Å². The van der Waals surface area contributed by atoms with Gasteiger partial charge < -0.3 is 9.72 Å². The van der Waals surface area contributed by atoms with Crippen molar-refractivity contribution in [1.82, 2.24) is 30.6 Å². The topological polar surface area (TPSA) is 117 Å². The molecule has 0 bridgehead atoms. The van der Waals surface area contributed by atoms with Crippen molar-refractivity contribution in [3.8, 4) is 17.1 Å². The SMILES string of the molecule is COc1ccc(-c2n[nH]c(=S)n2CC(=O)NNC(=O)Cc2c[nH]c3ccccc23)cc1. The number of nitrogens with zero attached hydrogens (tertiary/aromatic N) is 2. The van der Waals surface area contributed by atoms with Crippen LogP contribution in [-0.2, 0) is 22.6 Å². The summed E-state index contributed by atoms with van der Waals surface area (Å²) in [6.45, 7) is -0.107. The number of carbonyl (C=O) groups excluding carboxylic acids is 2. The first-order valence-electron chi connectivity index (χ1n) is 9.47. The Hall–Kier alpha value is -3.92. The normalized spacial score (nSPS) is 10.7. The standard InChI is InChI=1S/C21H20N6O3S/c1-30-15-8-6-13(7-9-15)20-25-26-21(31)27(20)12-19(29)24-23-18(28)10-14-11-22-17-5-3-2-4-16(14)17/h2-9,11,22H,10,12H2,1H3,(H,23,28)(H,24,29)(H,26,31). The van der Waals surface area contributed by atoms with Gasteiger partial charge in [-0.25, -0.2) is 0 Å². The molecule has 0 spiro atoms. The summed E-state index contributed by atoms with van der Waals surface area (Å²) in [5, 5.41) is 7.87. The van der Waals surface area contributed by atoms with Crippen LogP contribution in [0.15, 0.2) is 54.7 Å². The maximum Gasteiger partial charge on any atom is 0.258 e. The summed E-state index contributed by atoms with van der Waals surface area (Å²) in [5.74, 6) is 0.455. The zero-order chi connectivity index (χ0) is 21.8. The average molecular weight is 436 g/mol. The van der Waals surface area contributed by atoms with Crippen LogP contribution < -0.4 is 15.6 Å². The van der Waals surface area contributed by atoms with Gasteiger partial charge in [0.15, 0.2) is 10.6 Å². The largest absolute Gasteiger partial charge is 0.497 e. The van der Waals surface area contributed by atoms with E-state index in [9.17, 15) is 9.59 Å². The van der Waals surface area contributed by atoms with Gasteiger partial charge in [0.2, 0.25) is 5.91 Å². The zero-order valence-electron chi connectivity index (χ0n) is 16.6. The lowest BCUT2D eigenvalue weighted by atomic mass is 10.1. The highest BCUT2D eigenvalue weighted by atomic mass is 32.1. The third kappa shape index (κ3) is 4.48. The van der Waals surface area contributed by atoms with Gasteiger partial charge in [-0.3, -0.25) is 30.1 Å². The second-order valence-corrected chi connectivity index (χ2v) is 7.19. The molecule has 0 fully saturated rings. The molecule has 2 aromatic carbocycles. The fourth-order valence-corrected chi connectivity index (χ4v) is 3.44. The van der Waals surface area contributed by atoms with Crippen LogP contribution in [-0.4, -0.2) is 38.7 Å². The number of para-hydroxylation sites is 1. The van der Waals surface area contributed by atoms with Gasteiger partial charge in [0, 0.05) is 22.7 Å². The molecule has 4 rings (SSSR count). The number of carbonyl (C=O) groups is 2. The molecule has 158 valence electrons. The fraction of sp³-hybridized carbons (Fsp3) is 0.143. The summed E-state index contributed by atoms with van der Waals surface area (Å²) in [6, 6.07) is 14.9. The molecule has 0 unspecified atom stereocenters. The van der Waals surface area contributed by atoms with E-state index in [4.69, 9.17) is 17.0 Å². The summed E-state index contributed by atoms with van der Waals surface area (Å²) < 4.78 is 7.01. The van der Waals surface area contributed by atoms with Crippen molar-refractivity contribution >= 4 is 34.9 Å². The summed E-state index contributed by atoms with van der Waals surface area (Å²) in [7, 11) is 1.59. The highest BCUT2D eigenvalue weighted by Crippen LogP contribution is 2.21. The predicted molar refractivity (Wildman–Crippen MR) is 118 cm³/mol. The molecule has 4 aromatic rings. The van der Waals surface area contributed by atoms with Crippen LogP contribution in [0, 0.1) is 4.77 Å². The first kappa shape index (κ1) is 20.4. The minimum atomic E-state index is -0.431. The van der Waals surface area contributed by atoms with Crippen LogP contribution in [0.3, 0.4) is 0 Å². The first-order chi connectivity index (χ1) is 15.0. The number of methoxy groups -OCH3 is 1. The van der Waals surface area contributed by atoms with E-state index < -0.39 is 5.91 Å². The van der Waals surface area contributed by atoms with E-state index in [0.29, 0.717) is 16.3 Å². The molecule has 0 aliphatic carbocycles. The molecule has 9 nitrogen and oxygen atoms in total. The number of H-pyrrole nitrogens is 2. The second kappa shape index (κ2) is 8.84. The molecular formula is C21H20N6O3S. The van der Waals surface area contributed by atoms with Gasteiger partial charge >= 0.3 is 0 Å². The Labute approximate surface area is 182 Å². The highest BCUT2D eigenvalue weighted by molar-refractivity contribution is 7.71. The minimum Gasteiger partial charge on any atom is -0.497 e. The van der Waals surface area contributed by atoms with E-state index in [2.05, 4.69) is 26.0 Å². The average Bonchev–Trinajstić information content (AvgIpc) is 3.36. The number of nitrogens with one attached hydrogen (secondary N) is 4.